The molecule has 158 valence electrons. The molecule has 1 saturated heterocycles. The van der Waals surface area contributed by atoms with Crippen molar-refractivity contribution in [3.63, 3.8) is 0 Å². The van der Waals surface area contributed by atoms with Crippen molar-refractivity contribution in [2.75, 3.05) is 13.1 Å². The maximum absolute atomic E-state index is 13.0. The van der Waals surface area contributed by atoms with Crippen molar-refractivity contribution >= 4 is 16.9 Å². The molecule has 0 spiro atoms. The topological polar surface area (TPSA) is 68.3 Å². The molecule has 6 heteroatoms. The van der Waals surface area contributed by atoms with Crippen LogP contribution in [0.25, 0.3) is 11.0 Å². The summed E-state index contributed by atoms with van der Waals surface area (Å²) in [6.45, 7) is 8.62. The quantitative estimate of drug-likeness (QED) is 0.635. The molecular weight excluding hydrogens is 378 g/mol. The average molecular weight is 408 g/mol. The molecule has 30 heavy (non-hydrogen) atoms. The van der Waals surface area contributed by atoms with E-state index in [1.54, 1.807) is 11.0 Å². The third kappa shape index (κ3) is 4.04. The van der Waals surface area contributed by atoms with Crippen molar-refractivity contribution in [1.29, 1.82) is 0 Å². The van der Waals surface area contributed by atoms with Crippen LogP contribution < -0.4 is 5.43 Å². The largest absolute Gasteiger partial charge is 0.451 e. The van der Waals surface area contributed by atoms with Crippen LogP contribution in [-0.2, 0) is 13.0 Å². The van der Waals surface area contributed by atoms with E-state index in [0.717, 1.165) is 37.2 Å². The summed E-state index contributed by atoms with van der Waals surface area (Å²) in [6, 6.07) is 6.92. The fourth-order valence-electron chi connectivity index (χ4n) is 4.26. The second-order valence-electron chi connectivity index (χ2n) is 8.49. The molecule has 1 aromatic carbocycles. The van der Waals surface area contributed by atoms with E-state index < -0.39 is 0 Å². The normalized spacial score (nSPS) is 15.3. The van der Waals surface area contributed by atoms with Crippen molar-refractivity contribution in [2.45, 2.75) is 52.5 Å². The molecule has 1 aliphatic heterocycles. The van der Waals surface area contributed by atoms with Gasteiger partial charge in [0.2, 0.25) is 0 Å². The Morgan fingerprint density at radius 3 is 2.70 bits per heavy atom. The standard InChI is InChI=1S/C24H29N3O3/c1-4-17-5-6-21-19(13-17)20(28)14-22(30-21)24(29)26-10-7-18(8-11-26)15-27-12-9-25-23(27)16(2)3/h5-6,9,12-14,16,18H,4,7-8,10-11,15H2,1-3H3. The van der Waals surface area contributed by atoms with Crippen LogP contribution in [0.5, 0.6) is 0 Å². The van der Waals surface area contributed by atoms with Gasteiger partial charge in [-0.15, -0.1) is 0 Å². The Bertz CT molecular complexity index is 1100. The molecule has 2 aromatic heterocycles. The molecule has 0 atom stereocenters. The minimum Gasteiger partial charge on any atom is -0.451 e. The van der Waals surface area contributed by atoms with E-state index in [2.05, 4.69) is 23.4 Å². The second kappa shape index (κ2) is 8.46. The van der Waals surface area contributed by atoms with Crippen molar-refractivity contribution in [1.82, 2.24) is 14.5 Å². The number of hydrogen-bond donors (Lipinski definition) is 0. The van der Waals surface area contributed by atoms with Gasteiger partial charge in [0.15, 0.2) is 11.2 Å². The van der Waals surface area contributed by atoms with E-state index >= 15 is 0 Å². The Labute approximate surface area is 176 Å². The van der Waals surface area contributed by atoms with Crippen LogP contribution in [-0.4, -0.2) is 33.4 Å². The van der Waals surface area contributed by atoms with Gasteiger partial charge < -0.3 is 13.9 Å². The molecular formula is C24H29N3O3. The molecule has 4 rings (SSSR count). The van der Waals surface area contributed by atoms with Crippen LogP contribution >= 0.6 is 0 Å². The number of aryl methyl sites for hydroxylation is 1. The predicted octanol–water partition coefficient (Wildman–Crippen LogP) is 4.23. The highest BCUT2D eigenvalue weighted by Gasteiger charge is 2.26. The Kier molecular flexibility index (Phi) is 5.75. The summed E-state index contributed by atoms with van der Waals surface area (Å²) in [4.78, 5) is 31.8. The van der Waals surface area contributed by atoms with Gasteiger partial charge in [0.05, 0.1) is 5.39 Å². The minimum atomic E-state index is -0.197. The first-order valence-electron chi connectivity index (χ1n) is 10.8. The average Bonchev–Trinajstić information content (AvgIpc) is 3.22. The fraction of sp³-hybridized carbons (Fsp3) is 0.458. The van der Waals surface area contributed by atoms with Gasteiger partial charge in [-0.3, -0.25) is 9.59 Å². The zero-order valence-corrected chi connectivity index (χ0v) is 17.9. The first-order chi connectivity index (χ1) is 14.5. The third-order valence-electron chi connectivity index (χ3n) is 6.03. The molecule has 1 aliphatic rings. The van der Waals surface area contributed by atoms with E-state index in [9.17, 15) is 9.59 Å². The summed E-state index contributed by atoms with van der Waals surface area (Å²) in [5.41, 5.74) is 1.39. The van der Waals surface area contributed by atoms with Gasteiger partial charge in [0, 0.05) is 44.0 Å². The van der Waals surface area contributed by atoms with Gasteiger partial charge in [-0.1, -0.05) is 26.8 Å². The van der Waals surface area contributed by atoms with E-state index in [0.29, 0.717) is 35.9 Å². The smallest absolute Gasteiger partial charge is 0.289 e. The number of carbonyl (C=O) groups is 1. The molecule has 0 bridgehead atoms. The molecule has 3 aromatic rings. The van der Waals surface area contributed by atoms with Crippen molar-refractivity contribution in [2.24, 2.45) is 5.92 Å². The van der Waals surface area contributed by atoms with Gasteiger partial charge in [0.1, 0.15) is 11.4 Å². The lowest BCUT2D eigenvalue weighted by atomic mass is 9.96. The number of rotatable bonds is 5. The van der Waals surface area contributed by atoms with E-state index in [-0.39, 0.29) is 17.1 Å². The highest BCUT2D eigenvalue weighted by atomic mass is 16.3. The van der Waals surface area contributed by atoms with Crippen LogP contribution in [0.3, 0.4) is 0 Å². The number of aromatic nitrogens is 2. The lowest BCUT2D eigenvalue weighted by molar-refractivity contribution is 0.0651. The highest BCUT2D eigenvalue weighted by Crippen LogP contribution is 2.23. The molecule has 0 unspecified atom stereocenters. The highest BCUT2D eigenvalue weighted by molar-refractivity contribution is 5.93. The molecule has 0 saturated carbocycles. The van der Waals surface area contributed by atoms with Crippen LogP contribution in [0.2, 0.25) is 0 Å². The Hall–Kier alpha value is -2.89. The molecule has 0 N–H and O–H groups in total. The number of imidazole rings is 1. The van der Waals surface area contributed by atoms with Gasteiger partial charge in [-0.25, -0.2) is 4.98 Å². The molecule has 3 heterocycles. The molecule has 1 amide bonds. The van der Waals surface area contributed by atoms with Gasteiger partial charge in [0.25, 0.3) is 5.91 Å². The maximum Gasteiger partial charge on any atom is 0.289 e. The Morgan fingerprint density at radius 1 is 1.23 bits per heavy atom. The van der Waals surface area contributed by atoms with Gasteiger partial charge in [-0.2, -0.15) is 0 Å². The molecule has 6 nitrogen and oxygen atoms in total. The first kappa shape index (κ1) is 20.4. The maximum atomic E-state index is 13.0. The molecule has 1 fully saturated rings. The predicted molar refractivity (Wildman–Crippen MR) is 117 cm³/mol. The van der Waals surface area contributed by atoms with E-state index in [1.807, 2.05) is 31.5 Å². The number of piperidine rings is 1. The molecule has 0 aliphatic carbocycles. The second-order valence-corrected chi connectivity index (χ2v) is 8.49. The number of amides is 1. The van der Waals surface area contributed by atoms with Crippen molar-refractivity contribution < 1.29 is 9.21 Å². The summed E-state index contributed by atoms with van der Waals surface area (Å²) >= 11 is 0. The number of nitrogens with zero attached hydrogens (tertiary/aromatic N) is 3. The summed E-state index contributed by atoms with van der Waals surface area (Å²) < 4.78 is 8.04. The van der Waals surface area contributed by atoms with Crippen LogP contribution in [0.15, 0.2) is 45.9 Å². The number of carbonyl (C=O) groups excluding carboxylic acids is 1. The summed E-state index contributed by atoms with van der Waals surface area (Å²) in [5, 5.41) is 0.533. The van der Waals surface area contributed by atoms with Crippen LogP contribution in [0.4, 0.5) is 0 Å². The SMILES string of the molecule is CCc1ccc2oc(C(=O)N3CCC(Cn4ccnc4C(C)C)CC3)cc(=O)c2c1. The Balaban J connectivity index is 1.44. The number of likely N-dealkylation sites (tertiary alicyclic amines) is 1. The van der Waals surface area contributed by atoms with Crippen molar-refractivity contribution in [3.05, 3.63) is 64.0 Å². The van der Waals surface area contributed by atoms with Crippen LogP contribution in [0, 0.1) is 5.92 Å². The first-order valence-corrected chi connectivity index (χ1v) is 10.8. The van der Waals surface area contributed by atoms with Crippen molar-refractivity contribution in [3.8, 4) is 0 Å². The zero-order valence-electron chi connectivity index (χ0n) is 17.9. The fourth-order valence-corrected chi connectivity index (χ4v) is 4.26. The zero-order chi connectivity index (χ0) is 21.3. The van der Waals surface area contributed by atoms with Crippen LogP contribution in [0.1, 0.15) is 61.5 Å². The van der Waals surface area contributed by atoms with Gasteiger partial charge >= 0.3 is 0 Å². The minimum absolute atomic E-state index is 0.131. The van der Waals surface area contributed by atoms with E-state index in [1.165, 1.54) is 6.07 Å². The third-order valence-corrected chi connectivity index (χ3v) is 6.03. The molecule has 0 radical (unpaired) electrons. The van der Waals surface area contributed by atoms with Gasteiger partial charge in [-0.05, 0) is 42.9 Å². The monoisotopic (exact) mass is 407 g/mol. The summed E-state index contributed by atoms with van der Waals surface area (Å²) in [7, 11) is 0. The summed E-state index contributed by atoms with van der Waals surface area (Å²) in [5.74, 6) is 1.95. The lowest BCUT2D eigenvalue weighted by Gasteiger charge is -2.32. The Morgan fingerprint density at radius 2 is 2.00 bits per heavy atom. The lowest BCUT2D eigenvalue weighted by Crippen LogP contribution is -2.39. The number of hydrogen-bond acceptors (Lipinski definition) is 4. The van der Waals surface area contributed by atoms with E-state index in [4.69, 9.17) is 4.42 Å². The number of fused-ring (bicyclic) bond motifs is 1. The number of benzene rings is 1. The summed E-state index contributed by atoms with van der Waals surface area (Å²) in [6.07, 6.45) is 6.61.